The van der Waals surface area contributed by atoms with E-state index in [0.717, 1.165) is 4.47 Å². The Morgan fingerprint density at radius 3 is 2.81 bits per heavy atom. The van der Waals surface area contributed by atoms with E-state index in [1.165, 1.54) is 6.20 Å². The number of amides is 1. The number of pyridine rings is 1. The van der Waals surface area contributed by atoms with Crippen molar-refractivity contribution in [2.75, 3.05) is 13.7 Å². The minimum atomic E-state index is -0.395. The first-order valence-electron chi connectivity index (χ1n) is 4.86. The van der Waals surface area contributed by atoms with E-state index >= 15 is 0 Å². The molecule has 0 aliphatic rings. The first kappa shape index (κ1) is 13.1. The fourth-order valence-electron chi connectivity index (χ4n) is 1.31. The highest BCUT2D eigenvalue weighted by Gasteiger charge is 2.21. The SMILES string of the molecule is COCC(C)(C)NC(=O)c1cncc(Br)c1. The molecule has 0 bridgehead atoms. The number of aromatic nitrogens is 1. The van der Waals surface area contributed by atoms with Crippen molar-refractivity contribution >= 4 is 21.8 Å². The van der Waals surface area contributed by atoms with Gasteiger partial charge in [0.05, 0.1) is 17.7 Å². The predicted molar refractivity (Wildman–Crippen MR) is 65.4 cm³/mol. The van der Waals surface area contributed by atoms with Gasteiger partial charge < -0.3 is 10.1 Å². The molecular formula is C11H15BrN2O2. The number of rotatable bonds is 4. The Morgan fingerprint density at radius 2 is 2.25 bits per heavy atom. The lowest BCUT2D eigenvalue weighted by atomic mass is 10.1. The number of hydrogen-bond acceptors (Lipinski definition) is 3. The maximum atomic E-state index is 11.9. The van der Waals surface area contributed by atoms with Gasteiger partial charge in [-0.05, 0) is 35.8 Å². The van der Waals surface area contributed by atoms with Crippen molar-refractivity contribution in [3.63, 3.8) is 0 Å². The highest BCUT2D eigenvalue weighted by atomic mass is 79.9. The largest absolute Gasteiger partial charge is 0.382 e. The molecule has 0 aliphatic carbocycles. The molecule has 88 valence electrons. The van der Waals surface area contributed by atoms with Gasteiger partial charge in [-0.25, -0.2) is 0 Å². The quantitative estimate of drug-likeness (QED) is 0.921. The molecule has 1 aromatic rings. The summed E-state index contributed by atoms with van der Waals surface area (Å²) in [4.78, 5) is 15.8. The van der Waals surface area contributed by atoms with Gasteiger partial charge in [0, 0.05) is 24.0 Å². The first-order chi connectivity index (χ1) is 7.44. The second-order valence-electron chi connectivity index (χ2n) is 4.16. The number of halogens is 1. The number of nitrogens with one attached hydrogen (secondary N) is 1. The standard InChI is InChI=1S/C11H15BrN2O2/c1-11(2,7-16-3)14-10(15)8-4-9(12)6-13-5-8/h4-6H,7H2,1-3H3,(H,14,15). The number of carbonyl (C=O) groups excluding carboxylic acids is 1. The molecule has 1 N–H and O–H groups in total. The third-order valence-electron chi connectivity index (χ3n) is 1.92. The average Bonchev–Trinajstić information content (AvgIpc) is 2.16. The topological polar surface area (TPSA) is 51.2 Å². The summed E-state index contributed by atoms with van der Waals surface area (Å²) in [5.74, 6) is -0.157. The molecule has 1 aromatic heterocycles. The van der Waals surface area contributed by atoms with Crippen LogP contribution in [0.4, 0.5) is 0 Å². The molecule has 0 fully saturated rings. The van der Waals surface area contributed by atoms with Crippen LogP contribution >= 0.6 is 15.9 Å². The van der Waals surface area contributed by atoms with Crippen LogP contribution in [0.1, 0.15) is 24.2 Å². The van der Waals surface area contributed by atoms with Crippen LogP contribution < -0.4 is 5.32 Å². The summed E-state index contributed by atoms with van der Waals surface area (Å²) >= 11 is 3.27. The minimum Gasteiger partial charge on any atom is -0.382 e. The van der Waals surface area contributed by atoms with Crippen LogP contribution in [0, 0.1) is 0 Å². The molecule has 1 amide bonds. The molecule has 0 saturated carbocycles. The zero-order valence-corrected chi connectivity index (χ0v) is 11.2. The molecule has 0 aromatic carbocycles. The van der Waals surface area contributed by atoms with Crippen molar-refractivity contribution in [2.45, 2.75) is 19.4 Å². The van der Waals surface area contributed by atoms with Crippen molar-refractivity contribution in [1.29, 1.82) is 0 Å². The zero-order valence-electron chi connectivity index (χ0n) is 9.58. The zero-order chi connectivity index (χ0) is 12.2. The molecule has 0 unspecified atom stereocenters. The van der Waals surface area contributed by atoms with E-state index in [-0.39, 0.29) is 5.91 Å². The molecule has 1 rings (SSSR count). The summed E-state index contributed by atoms with van der Waals surface area (Å²) in [7, 11) is 1.61. The number of hydrogen-bond donors (Lipinski definition) is 1. The van der Waals surface area contributed by atoms with Crippen molar-refractivity contribution in [3.8, 4) is 0 Å². The van der Waals surface area contributed by atoms with Gasteiger partial charge in [-0.3, -0.25) is 9.78 Å². The van der Waals surface area contributed by atoms with E-state index < -0.39 is 5.54 Å². The van der Waals surface area contributed by atoms with E-state index in [2.05, 4.69) is 26.2 Å². The summed E-state index contributed by atoms with van der Waals surface area (Å²) in [5.41, 5.74) is 0.132. The maximum absolute atomic E-state index is 11.9. The van der Waals surface area contributed by atoms with Crippen LogP contribution in [0.15, 0.2) is 22.9 Å². The number of carbonyl (C=O) groups is 1. The second kappa shape index (κ2) is 5.41. The van der Waals surface area contributed by atoms with Gasteiger partial charge in [-0.15, -0.1) is 0 Å². The maximum Gasteiger partial charge on any atom is 0.253 e. The van der Waals surface area contributed by atoms with E-state index in [4.69, 9.17) is 4.74 Å². The molecule has 16 heavy (non-hydrogen) atoms. The van der Waals surface area contributed by atoms with Gasteiger partial charge in [-0.2, -0.15) is 0 Å². The monoisotopic (exact) mass is 286 g/mol. The summed E-state index contributed by atoms with van der Waals surface area (Å²) < 4.78 is 5.81. The highest BCUT2D eigenvalue weighted by molar-refractivity contribution is 9.10. The summed E-state index contributed by atoms with van der Waals surface area (Å²) in [6, 6.07) is 1.73. The summed E-state index contributed by atoms with van der Waals surface area (Å²) in [5, 5.41) is 2.88. The summed E-state index contributed by atoms with van der Waals surface area (Å²) in [6.45, 7) is 4.26. The fourth-order valence-corrected chi connectivity index (χ4v) is 1.68. The molecule has 0 spiro atoms. The lowest BCUT2D eigenvalue weighted by Gasteiger charge is -2.25. The van der Waals surface area contributed by atoms with E-state index in [9.17, 15) is 4.79 Å². The molecule has 5 heteroatoms. The van der Waals surface area contributed by atoms with Crippen LogP contribution in [-0.4, -0.2) is 30.1 Å². The van der Waals surface area contributed by atoms with Gasteiger partial charge in [0.2, 0.25) is 0 Å². The van der Waals surface area contributed by atoms with Gasteiger partial charge in [0.1, 0.15) is 0 Å². The van der Waals surface area contributed by atoms with Crippen molar-refractivity contribution in [3.05, 3.63) is 28.5 Å². The van der Waals surface area contributed by atoms with Crippen molar-refractivity contribution in [1.82, 2.24) is 10.3 Å². The van der Waals surface area contributed by atoms with Gasteiger partial charge in [0.25, 0.3) is 5.91 Å². The summed E-state index contributed by atoms with van der Waals surface area (Å²) in [6.07, 6.45) is 3.17. The Labute approximate surface area is 104 Å². The lowest BCUT2D eigenvalue weighted by molar-refractivity contribution is 0.0819. The number of ether oxygens (including phenoxy) is 1. The first-order valence-corrected chi connectivity index (χ1v) is 5.66. The van der Waals surface area contributed by atoms with E-state index in [1.807, 2.05) is 13.8 Å². The third-order valence-corrected chi connectivity index (χ3v) is 2.36. The van der Waals surface area contributed by atoms with Gasteiger partial charge in [0.15, 0.2) is 0 Å². The minimum absolute atomic E-state index is 0.157. The lowest BCUT2D eigenvalue weighted by Crippen LogP contribution is -2.46. The highest BCUT2D eigenvalue weighted by Crippen LogP contribution is 2.11. The van der Waals surface area contributed by atoms with Crippen LogP contribution in [0.5, 0.6) is 0 Å². The molecule has 1 heterocycles. The van der Waals surface area contributed by atoms with Crippen molar-refractivity contribution in [2.24, 2.45) is 0 Å². The van der Waals surface area contributed by atoms with Crippen LogP contribution in [-0.2, 0) is 4.74 Å². The van der Waals surface area contributed by atoms with Gasteiger partial charge >= 0.3 is 0 Å². The molecule has 0 atom stereocenters. The van der Waals surface area contributed by atoms with Crippen LogP contribution in [0.3, 0.4) is 0 Å². The molecule has 4 nitrogen and oxygen atoms in total. The Morgan fingerprint density at radius 1 is 1.56 bits per heavy atom. The molecule has 0 radical (unpaired) electrons. The third kappa shape index (κ3) is 3.90. The van der Waals surface area contributed by atoms with E-state index in [1.54, 1.807) is 19.4 Å². The Balaban J connectivity index is 2.72. The normalized spacial score (nSPS) is 11.2. The Bertz CT molecular complexity index is 380. The smallest absolute Gasteiger partial charge is 0.253 e. The number of methoxy groups -OCH3 is 1. The Kier molecular flexibility index (Phi) is 4.44. The molecular weight excluding hydrogens is 272 g/mol. The van der Waals surface area contributed by atoms with Crippen LogP contribution in [0.2, 0.25) is 0 Å². The van der Waals surface area contributed by atoms with Gasteiger partial charge in [-0.1, -0.05) is 0 Å². The predicted octanol–water partition coefficient (Wildman–Crippen LogP) is 2.00. The molecule has 0 aliphatic heterocycles. The number of nitrogens with zero attached hydrogens (tertiary/aromatic N) is 1. The van der Waals surface area contributed by atoms with Crippen molar-refractivity contribution < 1.29 is 9.53 Å². The van der Waals surface area contributed by atoms with E-state index in [0.29, 0.717) is 12.2 Å². The Hall–Kier alpha value is -0.940. The van der Waals surface area contributed by atoms with Crippen LogP contribution in [0.25, 0.3) is 0 Å². The second-order valence-corrected chi connectivity index (χ2v) is 5.08. The fraction of sp³-hybridized carbons (Fsp3) is 0.455. The molecule has 0 saturated heterocycles. The average molecular weight is 287 g/mol.